The molecule has 1 fully saturated rings. The van der Waals surface area contributed by atoms with Crippen LogP contribution in [-0.4, -0.2) is 54.5 Å². The molecule has 2 rings (SSSR count). The van der Waals surface area contributed by atoms with E-state index in [0.717, 1.165) is 67.4 Å². The van der Waals surface area contributed by atoms with Crippen LogP contribution in [-0.2, 0) is 0 Å². The Labute approximate surface area is 205 Å². The average Bonchev–Trinajstić information content (AvgIpc) is 3.22. The monoisotopic (exact) mass is 478 g/mol. The van der Waals surface area contributed by atoms with Crippen molar-refractivity contribution in [2.75, 3.05) is 33.2 Å². The molecule has 1 saturated heterocycles. The molecule has 1 aliphatic heterocycles. The molecule has 1 aliphatic rings. The first-order valence-electron chi connectivity index (χ1n) is 11.0. The summed E-state index contributed by atoms with van der Waals surface area (Å²) in [5.74, 6) is 0.453. The number of nitrogens with zero attached hydrogens (tertiary/aromatic N) is 2. The standard InChI is InChI=1S/C14H19N3OS2.C7H14.C4H9N/c1-10(2)7-15-14(19)17-5-3-11(4-6-17)13-16-12(8-18)9-20-13;1-5-6-7(2,3)4;1-3-4-5-2/h8-9,11H,1,3-7H2,2H3,(H,15,19);5H,1,6H2,2-4H3;3,5H,1,4H2,2H3. The fraction of sp³-hybridized carbons (Fsp3) is 0.560. The van der Waals surface area contributed by atoms with Crippen molar-refractivity contribution < 1.29 is 4.79 Å². The van der Waals surface area contributed by atoms with Gasteiger partial charge in [0.2, 0.25) is 0 Å². The maximum atomic E-state index is 10.7. The Hall–Kier alpha value is -1.83. The molecule has 2 heterocycles. The summed E-state index contributed by atoms with van der Waals surface area (Å²) in [6.07, 6.45) is 7.75. The van der Waals surface area contributed by atoms with Crippen LogP contribution in [0.1, 0.15) is 68.4 Å². The molecule has 0 aliphatic carbocycles. The molecule has 2 N–H and O–H groups in total. The molecule has 1 aromatic rings. The van der Waals surface area contributed by atoms with E-state index < -0.39 is 0 Å². The highest BCUT2D eigenvalue weighted by molar-refractivity contribution is 7.80. The van der Waals surface area contributed by atoms with Gasteiger partial charge in [0.25, 0.3) is 0 Å². The molecule has 0 atom stereocenters. The summed E-state index contributed by atoms with van der Waals surface area (Å²) in [6, 6.07) is 0. The van der Waals surface area contributed by atoms with Crippen molar-refractivity contribution in [3.05, 3.63) is 53.5 Å². The summed E-state index contributed by atoms with van der Waals surface area (Å²) in [7, 11) is 1.89. The van der Waals surface area contributed by atoms with E-state index >= 15 is 0 Å². The maximum absolute atomic E-state index is 10.7. The first-order chi connectivity index (χ1) is 15.1. The highest BCUT2D eigenvalue weighted by atomic mass is 32.1. The Kier molecular flexibility index (Phi) is 15.8. The SMILES string of the molecule is C=C(C)CNC(=S)N1CCC(c2nc(C=O)cs2)CC1.C=CCC(C)(C)C.C=CCNC. The van der Waals surface area contributed by atoms with Crippen LogP contribution in [0.3, 0.4) is 0 Å². The predicted molar refractivity (Wildman–Crippen MR) is 145 cm³/mol. The van der Waals surface area contributed by atoms with Gasteiger partial charge in [-0.1, -0.05) is 45.1 Å². The number of hydrogen-bond acceptors (Lipinski definition) is 5. The molecule has 180 valence electrons. The number of aromatic nitrogens is 1. The van der Waals surface area contributed by atoms with E-state index in [1.807, 2.05) is 31.5 Å². The van der Waals surface area contributed by atoms with Gasteiger partial charge < -0.3 is 15.5 Å². The second-order valence-corrected chi connectivity index (χ2v) is 10.3. The number of likely N-dealkylation sites (tertiary alicyclic amines) is 1. The molecule has 32 heavy (non-hydrogen) atoms. The first-order valence-corrected chi connectivity index (χ1v) is 12.3. The minimum atomic E-state index is 0.432. The van der Waals surface area contributed by atoms with E-state index in [1.165, 1.54) is 0 Å². The lowest BCUT2D eigenvalue weighted by Crippen LogP contribution is -2.44. The zero-order chi connectivity index (χ0) is 24.6. The van der Waals surface area contributed by atoms with Crippen LogP contribution in [0.4, 0.5) is 0 Å². The third kappa shape index (κ3) is 14.3. The smallest absolute Gasteiger partial charge is 0.169 e. The molecular formula is C25H42N4OS2. The van der Waals surface area contributed by atoms with Crippen molar-refractivity contribution in [3.63, 3.8) is 0 Å². The molecule has 0 amide bonds. The number of aldehydes is 1. The number of piperidine rings is 1. The highest BCUT2D eigenvalue weighted by Gasteiger charge is 2.24. The minimum Gasteiger partial charge on any atom is -0.359 e. The van der Waals surface area contributed by atoms with Crippen LogP contribution in [0.25, 0.3) is 0 Å². The molecular weight excluding hydrogens is 436 g/mol. The number of carbonyl (C=O) groups excluding carboxylic acids is 1. The van der Waals surface area contributed by atoms with Crippen LogP contribution < -0.4 is 10.6 Å². The van der Waals surface area contributed by atoms with Gasteiger partial charge in [-0.3, -0.25) is 4.79 Å². The molecule has 0 unspecified atom stereocenters. The number of nitrogens with one attached hydrogen (secondary N) is 2. The van der Waals surface area contributed by atoms with E-state index in [2.05, 4.69) is 61.0 Å². The second kappa shape index (κ2) is 16.8. The van der Waals surface area contributed by atoms with Gasteiger partial charge >= 0.3 is 0 Å². The molecule has 7 heteroatoms. The summed E-state index contributed by atoms with van der Waals surface area (Å²) in [4.78, 5) is 17.2. The van der Waals surface area contributed by atoms with Gasteiger partial charge in [-0.15, -0.1) is 24.5 Å². The summed E-state index contributed by atoms with van der Waals surface area (Å²) >= 11 is 6.97. The zero-order valence-electron chi connectivity index (χ0n) is 20.6. The van der Waals surface area contributed by atoms with Gasteiger partial charge in [0, 0.05) is 37.5 Å². The third-order valence-electron chi connectivity index (χ3n) is 4.44. The Bertz CT molecular complexity index is 714. The van der Waals surface area contributed by atoms with Gasteiger partial charge in [-0.25, -0.2) is 4.98 Å². The predicted octanol–water partition coefficient (Wildman–Crippen LogP) is 5.59. The summed E-state index contributed by atoms with van der Waals surface area (Å²) in [5.41, 5.74) is 2.05. The van der Waals surface area contributed by atoms with Gasteiger partial charge in [-0.2, -0.15) is 0 Å². The Morgan fingerprint density at radius 1 is 1.31 bits per heavy atom. The average molecular weight is 479 g/mol. The van der Waals surface area contributed by atoms with Crippen LogP contribution in [0, 0.1) is 5.41 Å². The molecule has 0 aromatic carbocycles. The van der Waals surface area contributed by atoms with Gasteiger partial charge in [0.05, 0.1) is 5.01 Å². The number of carbonyl (C=O) groups is 1. The lowest BCUT2D eigenvalue weighted by molar-refractivity contribution is 0.111. The van der Waals surface area contributed by atoms with Crippen molar-refractivity contribution in [2.45, 2.75) is 52.9 Å². The van der Waals surface area contributed by atoms with Crippen molar-refractivity contribution in [2.24, 2.45) is 5.41 Å². The Morgan fingerprint density at radius 2 is 1.94 bits per heavy atom. The lowest BCUT2D eigenvalue weighted by Gasteiger charge is -2.33. The summed E-state index contributed by atoms with van der Waals surface area (Å²) in [6.45, 7) is 23.1. The summed E-state index contributed by atoms with van der Waals surface area (Å²) in [5, 5.41) is 9.83. The summed E-state index contributed by atoms with van der Waals surface area (Å²) < 4.78 is 0. The number of thiocarbonyl (C=S) groups is 1. The van der Waals surface area contributed by atoms with Gasteiger partial charge in [0.1, 0.15) is 5.69 Å². The largest absolute Gasteiger partial charge is 0.359 e. The molecule has 0 radical (unpaired) electrons. The van der Waals surface area contributed by atoms with Crippen LogP contribution in [0.5, 0.6) is 0 Å². The van der Waals surface area contributed by atoms with E-state index in [0.29, 0.717) is 17.0 Å². The third-order valence-corrected chi connectivity index (χ3v) is 5.87. The highest BCUT2D eigenvalue weighted by Crippen LogP contribution is 2.30. The maximum Gasteiger partial charge on any atom is 0.169 e. The van der Waals surface area contributed by atoms with Crippen LogP contribution in [0.2, 0.25) is 0 Å². The molecule has 1 aromatic heterocycles. The van der Waals surface area contributed by atoms with Crippen LogP contribution >= 0.6 is 23.6 Å². The fourth-order valence-electron chi connectivity index (χ4n) is 2.79. The Morgan fingerprint density at radius 3 is 2.28 bits per heavy atom. The number of likely N-dealkylation sites (N-methyl/N-ethyl adjacent to an activating group) is 1. The van der Waals surface area contributed by atoms with E-state index in [9.17, 15) is 4.79 Å². The molecule has 5 nitrogen and oxygen atoms in total. The number of hydrogen-bond donors (Lipinski definition) is 2. The van der Waals surface area contributed by atoms with E-state index in [1.54, 1.807) is 11.3 Å². The van der Waals surface area contributed by atoms with E-state index in [4.69, 9.17) is 12.2 Å². The molecule has 0 bridgehead atoms. The lowest BCUT2D eigenvalue weighted by atomic mass is 9.93. The first kappa shape index (κ1) is 30.2. The van der Waals surface area contributed by atoms with Gasteiger partial charge in [0.15, 0.2) is 11.4 Å². The second-order valence-electron chi connectivity index (χ2n) is 9.01. The van der Waals surface area contributed by atoms with Crippen LogP contribution in [0.15, 0.2) is 42.8 Å². The number of rotatable bonds is 7. The van der Waals surface area contributed by atoms with Crippen molar-refractivity contribution >= 4 is 35.0 Å². The number of thiazole rings is 1. The normalized spacial score (nSPS) is 13.6. The van der Waals surface area contributed by atoms with Crippen molar-refractivity contribution in [1.82, 2.24) is 20.5 Å². The fourth-order valence-corrected chi connectivity index (χ4v) is 3.98. The molecule has 0 spiro atoms. The topological polar surface area (TPSA) is 57.3 Å². The minimum absolute atomic E-state index is 0.432. The van der Waals surface area contributed by atoms with Crippen molar-refractivity contribution in [1.29, 1.82) is 0 Å². The number of allylic oxidation sites excluding steroid dienone is 1. The van der Waals surface area contributed by atoms with Crippen molar-refractivity contribution in [3.8, 4) is 0 Å². The Balaban J connectivity index is 0.000000663. The molecule has 0 saturated carbocycles. The quantitative estimate of drug-likeness (QED) is 0.303. The van der Waals surface area contributed by atoms with Gasteiger partial charge in [-0.05, 0) is 50.9 Å². The zero-order valence-corrected chi connectivity index (χ0v) is 22.2. The van der Waals surface area contributed by atoms with E-state index in [-0.39, 0.29) is 0 Å².